The SMILES string of the molecule is Cc1cc(Nc2cc(C3CC3)n[nH]2)nc(NCc2c(-c3ccccc3)noc2C)n1. The number of aryl methyl sites for hydroxylation is 2. The molecule has 3 N–H and O–H groups in total. The molecule has 8 heteroatoms. The zero-order valence-corrected chi connectivity index (χ0v) is 16.9. The highest BCUT2D eigenvalue weighted by Gasteiger charge is 2.26. The second kappa shape index (κ2) is 7.62. The van der Waals surface area contributed by atoms with Crippen LogP contribution in [0.1, 0.15) is 41.5 Å². The third-order valence-electron chi connectivity index (χ3n) is 5.17. The van der Waals surface area contributed by atoms with Crippen molar-refractivity contribution in [3.63, 3.8) is 0 Å². The van der Waals surface area contributed by atoms with Gasteiger partial charge >= 0.3 is 0 Å². The molecule has 0 saturated heterocycles. The zero-order valence-electron chi connectivity index (χ0n) is 16.9. The van der Waals surface area contributed by atoms with E-state index in [2.05, 4.69) is 42.0 Å². The van der Waals surface area contributed by atoms with Crippen molar-refractivity contribution in [3.05, 3.63) is 65.2 Å². The number of hydrogen-bond donors (Lipinski definition) is 3. The molecule has 1 fully saturated rings. The average molecular weight is 401 g/mol. The Bertz CT molecular complexity index is 1160. The van der Waals surface area contributed by atoms with Crippen LogP contribution in [0.2, 0.25) is 0 Å². The summed E-state index contributed by atoms with van der Waals surface area (Å²) in [6.07, 6.45) is 2.44. The number of aromatic amines is 1. The summed E-state index contributed by atoms with van der Waals surface area (Å²) in [6, 6.07) is 14.0. The fraction of sp³-hybridized carbons (Fsp3) is 0.273. The maximum Gasteiger partial charge on any atom is 0.225 e. The normalized spacial score (nSPS) is 13.4. The fourth-order valence-corrected chi connectivity index (χ4v) is 3.43. The van der Waals surface area contributed by atoms with Gasteiger partial charge in [-0.05, 0) is 26.7 Å². The number of benzene rings is 1. The molecule has 30 heavy (non-hydrogen) atoms. The van der Waals surface area contributed by atoms with Crippen LogP contribution in [0.5, 0.6) is 0 Å². The number of H-pyrrole nitrogens is 1. The first-order valence-corrected chi connectivity index (χ1v) is 10.1. The lowest BCUT2D eigenvalue weighted by Crippen LogP contribution is -2.07. The lowest BCUT2D eigenvalue weighted by atomic mass is 10.1. The van der Waals surface area contributed by atoms with E-state index in [1.165, 1.54) is 12.8 Å². The standard InChI is InChI=1S/C22H23N7O/c1-13-10-19(25-20-11-18(27-28-20)15-8-9-15)26-22(24-13)23-12-17-14(2)30-29-21(17)16-6-4-3-5-7-16/h3-7,10-11,15H,8-9,12H2,1-2H3,(H3,23,24,25,26,27,28). The number of anilines is 3. The topological polar surface area (TPSA) is 105 Å². The maximum absolute atomic E-state index is 5.44. The Hall–Kier alpha value is -3.68. The predicted molar refractivity (Wildman–Crippen MR) is 115 cm³/mol. The van der Waals surface area contributed by atoms with Gasteiger partial charge in [-0.25, -0.2) is 4.98 Å². The second-order valence-corrected chi connectivity index (χ2v) is 7.61. The molecule has 0 bridgehead atoms. The van der Waals surface area contributed by atoms with E-state index in [1.807, 2.05) is 50.2 Å². The molecule has 0 radical (unpaired) electrons. The van der Waals surface area contributed by atoms with Crippen LogP contribution >= 0.6 is 0 Å². The van der Waals surface area contributed by atoms with Gasteiger partial charge in [-0.15, -0.1) is 0 Å². The minimum atomic E-state index is 0.512. The highest BCUT2D eigenvalue weighted by atomic mass is 16.5. The van der Waals surface area contributed by atoms with Crippen molar-refractivity contribution in [1.82, 2.24) is 25.3 Å². The van der Waals surface area contributed by atoms with Gasteiger partial charge in [0.15, 0.2) is 0 Å². The molecule has 3 heterocycles. The number of nitrogens with zero attached hydrogens (tertiary/aromatic N) is 4. The smallest absolute Gasteiger partial charge is 0.225 e. The summed E-state index contributed by atoms with van der Waals surface area (Å²) < 4.78 is 5.44. The molecule has 1 aliphatic rings. The van der Waals surface area contributed by atoms with Crippen LogP contribution in [0.4, 0.5) is 17.6 Å². The molecular weight excluding hydrogens is 378 g/mol. The molecule has 3 aromatic heterocycles. The van der Waals surface area contributed by atoms with Gasteiger partial charge in [-0.2, -0.15) is 10.1 Å². The molecule has 0 spiro atoms. The number of nitrogens with one attached hydrogen (secondary N) is 3. The third-order valence-corrected chi connectivity index (χ3v) is 5.17. The van der Waals surface area contributed by atoms with E-state index in [0.29, 0.717) is 24.2 Å². The van der Waals surface area contributed by atoms with Gasteiger partial charge in [0.2, 0.25) is 5.95 Å². The zero-order chi connectivity index (χ0) is 20.5. The highest BCUT2D eigenvalue weighted by Crippen LogP contribution is 2.39. The lowest BCUT2D eigenvalue weighted by molar-refractivity contribution is 0.398. The van der Waals surface area contributed by atoms with E-state index in [1.54, 1.807) is 0 Å². The van der Waals surface area contributed by atoms with Crippen LogP contribution in [0.15, 0.2) is 47.0 Å². The number of aromatic nitrogens is 5. The van der Waals surface area contributed by atoms with Gasteiger partial charge in [0.25, 0.3) is 0 Å². The fourth-order valence-electron chi connectivity index (χ4n) is 3.43. The van der Waals surface area contributed by atoms with Crippen molar-refractivity contribution in [3.8, 4) is 11.3 Å². The van der Waals surface area contributed by atoms with Gasteiger partial charge in [0.1, 0.15) is 23.1 Å². The molecule has 152 valence electrons. The summed E-state index contributed by atoms with van der Waals surface area (Å²) in [5.41, 5.74) is 4.81. The molecular formula is C22H23N7O. The number of hydrogen-bond acceptors (Lipinski definition) is 7. The van der Waals surface area contributed by atoms with Crippen LogP contribution in [-0.4, -0.2) is 25.3 Å². The van der Waals surface area contributed by atoms with E-state index in [4.69, 9.17) is 4.52 Å². The lowest BCUT2D eigenvalue weighted by Gasteiger charge is -2.09. The average Bonchev–Trinajstić information content (AvgIpc) is 3.38. The molecule has 0 aliphatic heterocycles. The van der Waals surface area contributed by atoms with Crippen LogP contribution in [0.3, 0.4) is 0 Å². The minimum Gasteiger partial charge on any atom is -0.361 e. The molecule has 0 atom stereocenters. The Morgan fingerprint density at radius 1 is 1.10 bits per heavy atom. The summed E-state index contributed by atoms with van der Waals surface area (Å²) in [4.78, 5) is 9.11. The van der Waals surface area contributed by atoms with Crippen molar-refractivity contribution in [2.24, 2.45) is 0 Å². The van der Waals surface area contributed by atoms with Crippen molar-refractivity contribution in [2.45, 2.75) is 39.2 Å². The van der Waals surface area contributed by atoms with Crippen molar-refractivity contribution < 1.29 is 4.52 Å². The van der Waals surface area contributed by atoms with Crippen LogP contribution < -0.4 is 10.6 Å². The highest BCUT2D eigenvalue weighted by molar-refractivity contribution is 5.63. The molecule has 0 amide bonds. The monoisotopic (exact) mass is 401 g/mol. The maximum atomic E-state index is 5.44. The van der Waals surface area contributed by atoms with E-state index in [-0.39, 0.29) is 0 Å². The first-order valence-electron chi connectivity index (χ1n) is 10.1. The predicted octanol–water partition coefficient (Wildman–Crippen LogP) is 4.70. The van der Waals surface area contributed by atoms with Gasteiger partial charge in [-0.1, -0.05) is 35.5 Å². The van der Waals surface area contributed by atoms with Gasteiger partial charge < -0.3 is 15.2 Å². The Balaban J connectivity index is 1.33. The molecule has 5 rings (SSSR count). The summed E-state index contributed by atoms with van der Waals surface area (Å²) in [5.74, 6) is 3.46. The molecule has 4 aromatic rings. The van der Waals surface area contributed by atoms with E-state index < -0.39 is 0 Å². The van der Waals surface area contributed by atoms with Crippen molar-refractivity contribution >= 4 is 17.6 Å². The summed E-state index contributed by atoms with van der Waals surface area (Å²) in [5, 5.41) is 18.2. The van der Waals surface area contributed by atoms with Crippen LogP contribution in [0.25, 0.3) is 11.3 Å². The molecule has 0 unspecified atom stereocenters. The van der Waals surface area contributed by atoms with Crippen LogP contribution in [0, 0.1) is 13.8 Å². The van der Waals surface area contributed by atoms with Gasteiger partial charge in [0, 0.05) is 41.4 Å². The van der Waals surface area contributed by atoms with Crippen molar-refractivity contribution in [2.75, 3.05) is 10.6 Å². The summed E-state index contributed by atoms with van der Waals surface area (Å²) in [7, 11) is 0. The summed E-state index contributed by atoms with van der Waals surface area (Å²) >= 11 is 0. The van der Waals surface area contributed by atoms with Gasteiger partial charge in [0.05, 0.1) is 5.69 Å². The van der Waals surface area contributed by atoms with E-state index in [0.717, 1.165) is 39.8 Å². The third kappa shape index (κ3) is 3.89. The first-order chi connectivity index (χ1) is 14.7. The van der Waals surface area contributed by atoms with Crippen LogP contribution in [-0.2, 0) is 6.54 Å². The van der Waals surface area contributed by atoms with E-state index in [9.17, 15) is 0 Å². The number of rotatable bonds is 7. The van der Waals surface area contributed by atoms with E-state index >= 15 is 0 Å². The molecule has 1 aromatic carbocycles. The largest absolute Gasteiger partial charge is 0.361 e. The Kier molecular flexibility index (Phi) is 4.66. The Labute approximate surface area is 174 Å². The molecule has 1 aliphatic carbocycles. The van der Waals surface area contributed by atoms with Gasteiger partial charge in [-0.3, -0.25) is 5.10 Å². The van der Waals surface area contributed by atoms with Crippen molar-refractivity contribution in [1.29, 1.82) is 0 Å². The first kappa shape index (κ1) is 18.4. The summed E-state index contributed by atoms with van der Waals surface area (Å²) in [6.45, 7) is 4.37. The Morgan fingerprint density at radius 3 is 2.73 bits per heavy atom. The quantitative estimate of drug-likeness (QED) is 0.412. The minimum absolute atomic E-state index is 0.512. The molecule has 8 nitrogen and oxygen atoms in total. The Morgan fingerprint density at radius 2 is 1.93 bits per heavy atom. The molecule has 1 saturated carbocycles. The second-order valence-electron chi connectivity index (χ2n) is 7.61.